The molecule has 0 aromatic carbocycles. The number of anilines is 1. The van der Waals surface area contributed by atoms with E-state index in [1.54, 1.807) is 7.11 Å². The fourth-order valence-corrected chi connectivity index (χ4v) is 3.63. The molecule has 0 radical (unpaired) electrons. The van der Waals surface area contributed by atoms with E-state index in [0.717, 1.165) is 31.1 Å². The fraction of sp³-hybridized carbons (Fsp3) is 0.727. The summed E-state index contributed by atoms with van der Waals surface area (Å²) < 4.78 is 6.24. The predicted octanol–water partition coefficient (Wildman–Crippen LogP) is 1.72. The lowest BCUT2D eigenvalue weighted by atomic mass is 9.95. The molecule has 1 aliphatic heterocycles. The zero-order chi connectivity index (χ0) is 13.9. The van der Waals surface area contributed by atoms with Crippen LogP contribution in [0, 0.1) is 0 Å². The first-order valence-corrected chi connectivity index (χ1v) is 7.81. The van der Waals surface area contributed by atoms with Crippen molar-refractivity contribution in [3.8, 4) is 0 Å². The molecule has 0 saturated carbocycles. The second kappa shape index (κ2) is 6.06. The summed E-state index contributed by atoms with van der Waals surface area (Å²) in [5.41, 5.74) is -0.141. The molecule has 1 aromatic rings. The van der Waals surface area contributed by atoms with Crippen molar-refractivity contribution in [2.24, 2.45) is 0 Å². The molecule has 1 fully saturated rings. The Balaban J connectivity index is 2.00. The fourth-order valence-electron chi connectivity index (χ4n) is 2.05. The van der Waals surface area contributed by atoms with Gasteiger partial charge in [0, 0.05) is 20.2 Å². The van der Waals surface area contributed by atoms with Gasteiger partial charge in [-0.25, -0.2) is 0 Å². The number of ether oxygens (including phenoxy) is 1. The number of hydrogen-bond acceptors (Lipinski definition) is 7. The van der Waals surface area contributed by atoms with Gasteiger partial charge in [-0.05, 0) is 19.8 Å². The average molecular weight is 303 g/mol. The van der Waals surface area contributed by atoms with E-state index in [-0.39, 0.29) is 11.4 Å². The number of aromatic nitrogens is 2. The van der Waals surface area contributed by atoms with Gasteiger partial charge in [0.25, 0.3) is 0 Å². The Morgan fingerprint density at radius 1 is 1.63 bits per heavy atom. The van der Waals surface area contributed by atoms with Gasteiger partial charge < -0.3 is 14.7 Å². The van der Waals surface area contributed by atoms with E-state index in [9.17, 15) is 4.79 Å². The summed E-state index contributed by atoms with van der Waals surface area (Å²) in [5.74, 6) is -0.823. The molecule has 0 bridgehead atoms. The van der Waals surface area contributed by atoms with Gasteiger partial charge >= 0.3 is 5.97 Å². The maximum absolute atomic E-state index is 10.5. The minimum absolute atomic E-state index is 0.0183. The minimum Gasteiger partial charge on any atom is -0.481 e. The largest absolute Gasteiger partial charge is 0.481 e. The van der Waals surface area contributed by atoms with Crippen LogP contribution in [-0.2, 0) is 9.53 Å². The van der Waals surface area contributed by atoms with Crippen LogP contribution in [0.25, 0.3) is 0 Å². The van der Waals surface area contributed by atoms with Crippen LogP contribution >= 0.6 is 23.1 Å². The third-order valence-corrected chi connectivity index (χ3v) is 5.24. The van der Waals surface area contributed by atoms with Crippen LogP contribution < -0.4 is 4.90 Å². The lowest BCUT2D eigenvalue weighted by Gasteiger charge is -2.39. The van der Waals surface area contributed by atoms with Crippen LogP contribution in [0.2, 0.25) is 0 Å². The molecule has 106 valence electrons. The molecule has 1 aromatic heterocycles. The van der Waals surface area contributed by atoms with E-state index >= 15 is 0 Å². The van der Waals surface area contributed by atoms with Gasteiger partial charge in [0.1, 0.15) is 0 Å². The van der Waals surface area contributed by atoms with Crippen molar-refractivity contribution in [3.63, 3.8) is 0 Å². The van der Waals surface area contributed by atoms with E-state index in [1.807, 2.05) is 0 Å². The first-order valence-electron chi connectivity index (χ1n) is 6.01. The minimum atomic E-state index is -0.841. The highest BCUT2D eigenvalue weighted by Gasteiger charge is 2.32. The number of aliphatic carboxylic acids is 1. The third-order valence-electron chi connectivity index (χ3n) is 3.14. The van der Waals surface area contributed by atoms with Crippen LogP contribution in [-0.4, -0.2) is 52.8 Å². The second-order valence-corrected chi connectivity index (χ2v) is 6.89. The van der Waals surface area contributed by atoms with Gasteiger partial charge in [-0.3, -0.25) is 4.79 Å². The first-order chi connectivity index (χ1) is 9.02. The number of piperidine rings is 1. The average Bonchev–Trinajstić information content (AvgIpc) is 2.85. The molecule has 1 atom stereocenters. The van der Waals surface area contributed by atoms with Crippen molar-refractivity contribution >= 4 is 34.2 Å². The van der Waals surface area contributed by atoms with Crippen molar-refractivity contribution in [1.82, 2.24) is 10.2 Å². The Bertz CT molecular complexity index is 454. The Morgan fingerprint density at radius 2 is 2.42 bits per heavy atom. The number of thioether (sulfide) groups is 1. The Kier molecular flexibility index (Phi) is 4.64. The molecule has 19 heavy (non-hydrogen) atoms. The molecule has 1 N–H and O–H groups in total. The maximum Gasteiger partial charge on any atom is 0.313 e. The van der Waals surface area contributed by atoms with Crippen LogP contribution in [0.3, 0.4) is 0 Å². The molecule has 0 spiro atoms. The van der Waals surface area contributed by atoms with E-state index in [2.05, 4.69) is 22.0 Å². The van der Waals surface area contributed by atoms with Crippen LogP contribution in [0.5, 0.6) is 0 Å². The molecule has 1 aliphatic rings. The summed E-state index contributed by atoms with van der Waals surface area (Å²) in [6.07, 6.45) is 2.10. The number of carboxylic acids is 1. The van der Waals surface area contributed by atoms with Crippen molar-refractivity contribution < 1.29 is 14.6 Å². The van der Waals surface area contributed by atoms with Crippen molar-refractivity contribution in [1.29, 1.82) is 0 Å². The van der Waals surface area contributed by atoms with E-state index in [4.69, 9.17) is 9.84 Å². The standard InChI is InChI=1S/C11H17N3O3S2/c1-11(17-2)4-3-5-14(7-11)9-12-13-10(19-9)18-6-8(15)16/h3-7H2,1-2H3,(H,15,16). The highest BCUT2D eigenvalue weighted by atomic mass is 32.2. The molecule has 1 unspecified atom stereocenters. The van der Waals surface area contributed by atoms with Gasteiger partial charge in [0.15, 0.2) is 4.34 Å². The first kappa shape index (κ1) is 14.5. The maximum atomic E-state index is 10.5. The SMILES string of the molecule is COC1(C)CCCN(c2nnc(SCC(=O)O)s2)C1. The summed E-state index contributed by atoms with van der Waals surface area (Å²) in [6, 6.07) is 0. The van der Waals surface area contributed by atoms with Crippen LogP contribution in [0.15, 0.2) is 4.34 Å². The Hall–Kier alpha value is -0.860. The van der Waals surface area contributed by atoms with E-state index in [1.165, 1.54) is 23.1 Å². The molecule has 8 heteroatoms. The number of carbonyl (C=O) groups is 1. The molecular weight excluding hydrogens is 286 g/mol. The summed E-state index contributed by atoms with van der Waals surface area (Å²) in [6.45, 7) is 3.83. The van der Waals surface area contributed by atoms with Crippen LogP contribution in [0.4, 0.5) is 5.13 Å². The van der Waals surface area contributed by atoms with Gasteiger partial charge in [0.05, 0.1) is 11.4 Å². The molecular formula is C11H17N3O3S2. The normalized spacial score (nSPS) is 23.6. The molecule has 0 aliphatic carbocycles. The molecule has 1 saturated heterocycles. The summed E-state index contributed by atoms with van der Waals surface area (Å²) in [7, 11) is 1.73. The third kappa shape index (κ3) is 3.80. The van der Waals surface area contributed by atoms with Crippen molar-refractivity contribution in [2.75, 3.05) is 30.9 Å². The summed E-state index contributed by atoms with van der Waals surface area (Å²) in [4.78, 5) is 12.7. The number of hydrogen-bond donors (Lipinski definition) is 1. The van der Waals surface area contributed by atoms with Crippen molar-refractivity contribution in [3.05, 3.63) is 0 Å². The topological polar surface area (TPSA) is 75.5 Å². The number of nitrogens with zero attached hydrogens (tertiary/aromatic N) is 3. The zero-order valence-electron chi connectivity index (χ0n) is 11.0. The lowest BCUT2D eigenvalue weighted by molar-refractivity contribution is -0.133. The molecule has 0 amide bonds. The monoisotopic (exact) mass is 303 g/mol. The lowest BCUT2D eigenvalue weighted by Crippen LogP contribution is -2.47. The highest BCUT2D eigenvalue weighted by Crippen LogP contribution is 2.32. The predicted molar refractivity (Wildman–Crippen MR) is 75.1 cm³/mol. The summed E-state index contributed by atoms with van der Waals surface area (Å²) in [5, 5.41) is 17.6. The van der Waals surface area contributed by atoms with Gasteiger partial charge in [-0.2, -0.15) is 0 Å². The number of methoxy groups -OCH3 is 1. The summed E-state index contributed by atoms with van der Waals surface area (Å²) >= 11 is 2.65. The zero-order valence-corrected chi connectivity index (χ0v) is 12.6. The van der Waals surface area contributed by atoms with E-state index in [0.29, 0.717) is 4.34 Å². The Morgan fingerprint density at radius 3 is 3.11 bits per heavy atom. The molecule has 6 nitrogen and oxygen atoms in total. The van der Waals surface area contributed by atoms with E-state index < -0.39 is 5.97 Å². The van der Waals surface area contributed by atoms with Gasteiger partial charge in [-0.1, -0.05) is 23.1 Å². The number of carboxylic acid groups (broad SMARTS) is 1. The smallest absolute Gasteiger partial charge is 0.313 e. The van der Waals surface area contributed by atoms with Crippen molar-refractivity contribution in [2.45, 2.75) is 29.7 Å². The van der Waals surface area contributed by atoms with Crippen LogP contribution in [0.1, 0.15) is 19.8 Å². The Labute approximate surface area is 120 Å². The highest BCUT2D eigenvalue weighted by molar-refractivity contribution is 8.01. The second-order valence-electron chi connectivity index (χ2n) is 4.71. The van der Waals surface area contributed by atoms with Gasteiger partial charge in [0.2, 0.25) is 5.13 Å². The number of rotatable bonds is 5. The van der Waals surface area contributed by atoms with Gasteiger partial charge in [-0.15, -0.1) is 10.2 Å². The quantitative estimate of drug-likeness (QED) is 0.830. The molecule has 2 rings (SSSR count). The molecule has 2 heterocycles.